The molecule has 1 N–H and O–H groups in total. The molecule has 74 valence electrons. The highest BCUT2D eigenvalue weighted by molar-refractivity contribution is 9.08. The molecule has 0 fully saturated rings. The molecule has 14 heavy (non-hydrogen) atoms. The van der Waals surface area contributed by atoms with Crippen LogP contribution in [0.4, 0.5) is 0 Å². The van der Waals surface area contributed by atoms with Crippen molar-refractivity contribution in [2.45, 2.75) is 18.9 Å². The summed E-state index contributed by atoms with van der Waals surface area (Å²) in [5, 5.41) is 11.4. The number of thiophene rings is 1. The molecule has 0 aliphatic carbocycles. The van der Waals surface area contributed by atoms with Gasteiger partial charge in [-0.1, -0.05) is 22.0 Å². The van der Waals surface area contributed by atoms with Crippen molar-refractivity contribution < 1.29 is 5.11 Å². The maximum atomic E-state index is 9.29. The second-order valence-corrected chi connectivity index (χ2v) is 5.01. The first-order chi connectivity index (χ1) is 6.76. The summed E-state index contributed by atoms with van der Waals surface area (Å²) in [6.45, 7) is 2.16. The van der Waals surface area contributed by atoms with Crippen molar-refractivity contribution >= 4 is 37.4 Å². The number of aliphatic hydroxyl groups is 1. The van der Waals surface area contributed by atoms with Gasteiger partial charge in [-0.2, -0.15) is 0 Å². The van der Waals surface area contributed by atoms with Gasteiger partial charge in [0.25, 0.3) is 0 Å². The predicted octanol–water partition coefficient (Wildman–Crippen LogP) is 3.60. The van der Waals surface area contributed by atoms with Gasteiger partial charge in [0.05, 0.1) is 6.61 Å². The first-order valence-corrected chi connectivity index (χ1v) is 6.37. The minimum Gasteiger partial charge on any atom is -0.392 e. The Morgan fingerprint density at radius 1 is 1.43 bits per heavy atom. The molecule has 0 amide bonds. The van der Waals surface area contributed by atoms with Gasteiger partial charge in [-0.05, 0) is 35.6 Å². The lowest BCUT2D eigenvalue weighted by molar-refractivity contribution is 0.282. The van der Waals surface area contributed by atoms with Gasteiger partial charge in [0, 0.05) is 14.9 Å². The highest BCUT2D eigenvalue weighted by Crippen LogP contribution is 2.31. The van der Waals surface area contributed by atoms with Gasteiger partial charge in [-0.25, -0.2) is 0 Å². The average molecular weight is 271 g/mol. The van der Waals surface area contributed by atoms with E-state index in [4.69, 9.17) is 0 Å². The Kier molecular flexibility index (Phi) is 2.91. The van der Waals surface area contributed by atoms with E-state index in [1.807, 2.05) is 6.92 Å². The van der Waals surface area contributed by atoms with Gasteiger partial charge in [-0.3, -0.25) is 0 Å². The molecule has 1 aromatic heterocycles. The lowest BCUT2D eigenvalue weighted by Gasteiger charge is -2.02. The van der Waals surface area contributed by atoms with Crippen molar-refractivity contribution in [1.29, 1.82) is 0 Å². The Morgan fingerprint density at radius 2 is 2.21 bits per heavy atom. The van der Waals surface area contributed by atoms with E-state index < -0.39 is 0 Å². The molecular weight excluding hydrogens is 260 g/mol. The van der Waals surface area contributed by atoms with Crippen molar-refractivity contribution in [1.82, 2.24) is 0 Å². The van der Waals surface area contributed by atoms with Crippen LogP contribution in [0.15, 0.2) is 18.2 Å². The number of rotatable bonds is 2. The van der Waals surface area contributed by atoms with Crippen LogP contribution in [0.3, 0.4) is 0 Å². The van der Waals surface area contributed by atoms with Gasteiger partial charge in [-0.15, -0.1) is 11.3 Å². The molecule has 0 spiro atoms. The summed E-state index contributed by atoms with van der Waals surface area (Å²) in [5.74, 6) is 0. The number of alkyl halides is 1. The summed E-state index contributed by atoms with van der Waals surface area (Å²) in [6, 6.07) is 6.36. The molecule has 0 aliphatic heterocycles. The lowest BCUT2D eigenvalue weighted by atomic mass is 10.1. The predicted molar refractivity (Wildman–Crippen MR) is 65.1 cm³/mol. The zero-order valence-electron chi connectivity index (χ0n) is 7.88. The fraction of sp³-hybridized carbons (Fsp3) is 0.273. The molecule has 0 unspecified atom stereocenters. The molecule has 1 aromatic carbocycles. The van der Waals surface area contributed by atoms with Crippen LogP contribution in [-0.4, -0.2) is 5.11 Å². The molecule has 2 aromatic rings. The lowest BCUT2D eigenvalue weighted by Crippen LogP contribution is -1.88. The number of aliphatic hydroxyl groups excluding tert-OH is 1. The van der Waals surface area contributed by atoms with E-state index >= 15 is 0 Å². The van der Waals surface area contributed by atoms with E-state index in [2.05, 4.69) is 34.1 Å². The molecule has 0 aliphatic rings. The van der Waals surface area contributed by atoms with Crippen LogP contribution in [0.5, 0.6) is 0 Å². The van der Waals surface area contributed by atoms with Gasteiger partial charge in [0.2, 0.25) is 0 Å². The minimum absolute atomic E-state index is 0.127. The second-order valence-electron chi connectivity index (χ2n) is 3.28. The van der Waals surface area contributed by atoms with E-state index in [9.17, 15) is 5.11 Å². The monoisotopic (exact) mass is 270 g/mol. The summed E-state index contributed by atoms with van der Waals surface area (Å²) < 4.78 is 1.26. The average Bonchev–Trinajstić information content (AvgIpc) is 2.60. The Balaban J connectivity index is 2.73. The van der Waals surface area contributed by atoms with E-state index in [-0.39, 0.29) is 6.61 Å². The summed E-state index contributed by atoms with van der Waals surface area (Å²) in [6.07, 6.45) is 0. The molecule has 3 heteroatoms. The quantitative estimate of drug-likeness (QED) is 0.827. The first-order valence-electron chi connectivity index (χ1n) is 4.44. The Bertz CT molecular complexity index is 462. The number of fused-ring (bicyclic) bond motifs is 1. The summed E-state index contributed by atoms with van der Waals surface area (Å²) in [5.41, 5.74) is 2.23. The van der Waals surface area contributed by atoms with Gasteiger partial charge < -0.3 is 5.11 Å². The molecule has 0 saturated heterocycles. The van der Waals surface area contributed by atoms with Crippen LogP contribution in [0.25, 0.3) is 10.1 Å². The molecular formula is C11H11BrOS. The summed E-state index contributed by atoms with van der Waals surface area (Å²) in [7, 11) is 0. The smallest absolute Gasteiger partial charge is 0.0690 e. The highest BCUT2D eigenvalue weighted by Gasteiger charge is 2.07. The SMILES string of the molecule is Cc1ccc2sc(CBr)cc2c1CO. The maximum absolute atomic E-state index is 9.29. The Morgan fingerprint density at radius 3 is 2.86 bits per heavy atom. The third-order valence-corrected chi connectivity index (χ3v) is 4.46. The van der Waals surface area contributed by atoms with Crippen molar-refractivity contribution in [3.05, 3.63) is 34.2 Å². The van der Waals surface area contributed by atoms with Crippen LogP contribution >= 0.6 is 27.3 Å². The number of aryl methyl sites for hydroxylation is 1. The number of hydrogen-bond donors (Lipinski definition) is 1. The number of hydrogen-bond acceptors (Lipinski definition) is 2. The molecule has 0 radical (unpaired) electrons. The van der Waals surface area contributed by atoms with Crippen molar-refractivity contribution in [3.63, 3.8) is 0 Å². The molecule has 0 bridgehead atoms. The maximum Gasteiger partial charge on any atom is 0.0690 e. The summed E-state index contributed by atoms with van der Waals surface area (Å²) in [4.78, 5) is 1.31. The molecule has 0 saturated carbocycles. The van der Waals surface area contributed by atoms with Gasteiger partial charge in [0.15, 0.2) is 0 Å². The standard InChI is InChI=1S/C11H11BrOS/c1-7-2-3-11-9(10(7)6-13)4-8(5-12)14-11/h2-4,13H,5-6H2,1H3. The zero-order valence-corrected chi connectivity index (χ0v) is 10.3. The van der Waals surface area contributed by atoms with Crippen LogP contribution < -0.4 is 0 Å². The zero-order chi connectivity index (χ0) is 10.1. The van der Waals surface area contributed by atoms with Crippen LogP contribution in [0.2, 0.25) is 0 Å². The fourth-order valence-electron chi connectivity index (χ4n) is 1.61. The highest BCUT2D eigenvalue weighted by atomic mass is 79.9. The van der Waals surface area contributed by atoms with Crippen molar-refractivity contribution in [3.8, 4) is 0 Å². The normalized spacial score (nSPS) is 11.1. The second kappa shape index (κ2) is 4.01. The number of benzene rings is 1. The summed E-state index contributed by atoms with van der Waals surface area (Å²) >= 11 is 5.23. The molecule has 2 rings (SSSR count). The third-order valence-electron chi connectivity index (χ3n) is 2.39. The van der Waals surface area contributed by atoms with Crippen molar-refractivity contribution in [2.75, 3.05) is 0 Å². The van der Waals surface area contributed by atoms with E-state index in [0.29, 0.717) is 0 Å². The largest absolute Gasteiger partial charge is 0.392 e. The molecule has 1 nitrogen and oxygen atoms in total. The number of halogens is 1. The van der Waals surface area contributed by atoms with E-state index in [1.165, 1.54) is 20.5 Å². The Labute approximate surface area is 95.5 Å². The molecule has 0 atom stereocenters. The third kappa shape index (κ3) is 1.60. The van der Waals surface area contributed by atoms with Crippen LogP contribution in [0, 0.1) is 6.92 Å². The van der Waals surface area contributed by atoms with Crippen LogP contribution in [-0.2, 0) is 11.9 Å². The minimum atomic E-state index is 0.127. The van der Waals surface area contributed by atoms with Crippen LogP contribution in [0.1, 0.15) is 16.0 Å². The van der Waals surface area contributed by atoms with E-state index in [0.717, 1.165) is 10.9 Å². The van der Waals surface area contributed by atoms with Gasteiger partial charge >= 0.3 is 0 Å². The first kappa shape index (κ1) is 10.1. The van der Waals surface area contributed by atoms with E-state index in [1.54, 1.807) is 11.3 Å². The van der Waals surface area contributed by atoms with Gasteiger partial charge in [0.1, 0.15) is 0 Å². The topological polar surface area (TPSA) is 20.2 Å². The molecule has 1 heterocycles. The Hall–Kier alpha value is -0.380. The fourth-order valence-corrected chi connectivity index (χ4v) is 3.05. The van der Waals surface area contributed by atoms with Crippen molar-refractivity contribution in [2.24, 2.45) is 0 Å².